The highest BCUT2D eigenvalue weighted by atomic mass is 32.2. The van der Waals surface area contributed by atoms with Crippen molar-refractivity contribution in [2.75, 3.05) is 37.2 Å². The molecule has 0 aromatic heterocycles. The molecule has 0 aliphatic carbocycles. The highest BCUT2D eigenvalue weighted by Crippen LogP contribution is 2.41. The normalized spacial score (nSPS) is 13.1. The predicted octanol–water partition coefficient (Wildman–Crippen LogP) is 13.4. The topological polar surface area (TPSA) is 98.4 Å². The Bertz CT molecular complexity index is 2650. The number of ether oxygens (including phenoxy) is 3. The zero-order chi connectivity index (χ0) is 51.0. The molecule has 6 aromatic carbocycles. The van der Waals surface area contributed by atoms with Gasteiger partial charge in [-0.15, -0.1) is 0 Å². The van der Waals surface area contributed by atoms with Crippen LogP contribution in [-0.4, -0.2) is 66.2 Å². The van der Waals surface area contributed by atoms with Crippen LogP contribution in [0.15, 0.2) is 152 Å². The first-order chi connectivity index (χ1) is 33.8. The van der Waals surface area contributed by atoms with Crippen molar-refractivity contribution < 1.29 is 27.1 Å². The van der Waals surface area contributed by atoms with Crippen molar-refractivity contribution >= 4 is 24.0 Å². The van der Waals surface area contributed by atoms with E-state index in [1.165, 1.54) is 22.3 Å². The number of hydrogen-bond acceptors (Lipinski definition) is 8. The van der Waals surface area contributed by atoms with E-state index in [4.69, 9.17) is 18.6 Å². The molecular weight excluding hydrogens is 919 g/mol. The van der Waals surface area contributed by atoms with Crippen molar-refractivity contribution in [3.8, 4) is 17.2 Å². The van der Waals surface area contributed by atoms with Crippen LogP contribution in [-0.2, 0) is 40.5 Å². The quantitative estimate of drug-likeness (QED) is 0.0389. The van der Waals surface area contributed by atoms with Crippen molar-refractivity contribution in [3.05, 3.63) is 191 Å². The van der Waals surface area contributed by atoms with E-state index in [9.17, 15) is 8.42 Å². The van der Waals surface area contributed by atoms with Crippen LogP contribution in [0.25, 0.3) is 0 Å². The summed E-state index contributed by atoms with van der Waals surface area (Å²) in [6.45, 7) is 23.9. The Morgan fingerprint density at radius 3 is 1.80 bits per heavy atom. The molecule has 11 heteroatoms. The average Bonchev–Trinajstić information content (AvgIpc) is 3.33. The molecule has 6 rings (SSSR count). The Balaban J connectivity index is 1.13. The van der Waals surface area contributed by atoms with Gasteiger partial charge < -0.3 is 24.0 Å². The molecular formula is C60H79N3O6SSi. The van der Waals surface area contributed by atoms with Gasteiger partial charge in [0.1, 0.15) is 30.5 Å². The van der Waals surface area contributed by atoms with E-state index in [2.05, 4.69) is 167 Å². The van der Waals surface area contributed by atoms with Gasteiger partial charge >= 0.3 is 0 Å². The fraction of sp³-hybridized carbons (Fsp3) is 0.400. The minimum absolute atomic E-state index is 0.0332. The Kier molecular flexibility index (Phi) is 19.9. The van der Waals surface area contributed by atoms with Crippen LogP contribution >= 0.6 is 0 Å². The fourth-order valence-electron chi connectivity index (χ4n) is 8.66. The van der Waals surface area contributed by atoms with Crippen molar-refractivity contribution in [2.24, 2.45) is 0 Å². The molecule has 0 fully saturated rings. The zero-order valence-corrected chi connectivity index (χ0v) is 45.7. The molecule has 0 spiro atoms. The van der Waals surface area contributed by atoms with E-state index in [-0.39, 0.29) is 17.1 Å². The van der Waals surface area contributed by atoms with Gasteiger partial charge in [0.05, 0.1) is 24.7 Å². The molecule has 0 saturated heterocycles. The Hall–Kier alpha value is -5.43. The van der Waals surface area contributed by atoms with E-state index in [1.54, 1.807) is 0 Å². The van der Waals surface area contributed by atoms with Crippen LogP contribution in [0, 0.1) is 0 Å². The van der Waals surface area contributed by atoms with Gasteiger partial charge in [0.25, 0.3) is 0 Å². The second-order valence-electron chi connectivity index (χ2n) is 20.8. The maximum absolute atomic E-state index is 12.6. The zero-order valence-electron chi connectivity index (χ0n) is 43.9. The molecule has 2 atom stereocenters. The summed E-state index contributed by atoms with van der Waals surface area (Å²) in [6, 6.07) is 52.7. The minimum Gasteiger partial charge on any atom is -0.493 e. The summed E-state index contributed by atoms with van der Waals surface area (Å²) in [7, 11) is -5.84. The first-order valence-electron chi connectivity index (χ1n) is 25.3. The van der Waals surface area contributed by atoms with Gasteiger partial charge in [-0.1, -0.05) is 142 Å². The third kappa shape index (κ3) is 17.1. The molecule has 0 aliphatic rings. The molecule has 6 aromatic rings. The lowest BCUT2D eigenvalue weighted by molar-refractivity contribution is 0.170. The number of hydrogen-bond donors (Lipinski definition) is 2. The van der Waals surface area contributed by atoms with Crippen LogP contribution in [0.3, 0.4) is 0 Å². The Morgan fingerprint density at radius 1 is 0.620 bits per heavy atom. The average molecular weight is 998 g/mol. The lowest BCUT2D eigenvalue weighted by Crippen LogP contribution is -2.43. The van der Waals surface area contributed by atoms with Crippen molar-refractivity contribution in [1.82, 2.24) is 10.2 Å². The highest BCUT2D eigenvalue weighted by Gasteiger charge is 2.39. The summed E-state index contributed by atoms with van der Waals surface area (Å²) in [5.41, 5.74) is 8.26. The largest absolute Gasteiger partial charge is 0.493 e. The summed E-state index contributed by atoms with van der Waals surface area (Å²) in [5.74, 6) is 2.37. The summed E-state index contributed by atoms with van der Waals surface area (Å²) in [5, 5.41) is 3.63. The summed E-state index contributed by atoms with van der Waals surface area (Å²) in [6.07, 6.45) is 3.34. The maximum atomic E-state index is 12.6. The van der Waals surface area contributed by atoms with Gasteiger partial charge in [0.15, 0.2) is 8.32 Å². The van der Waals surface area contributed by atoms with Gasteiger partial charge in [-0.05, 0) is 135 Å². The second kappa shape index (κ2) is 25.8. The van der Waals surface area contributed by atoms with Gasteiger partial charge in [-0.2, -0.15) is 0 Å². The van der Waals surface area contributed by atoms with E-state index < -0.39 is 18.3 Å². The summed E-state index contributed by atoms with van der Waals surface area (Å²) >= 11 is 0. The molecule has 0 radical (unpaired) electrons. The number of sulfonamides is 1. The number of benzene rings is 6. The fourth-order valence-corrected chi connectivity index (χ4v) is 10.5. The first kappa shape index (κ1) is 54.9. The van der Waals surface area contributed by atoms with E-state index in [0.29, 0.717) is 56.4 Å². The van der Waals surface area contributed by atoms with Crippen LogP contribution in [0.5, 0.6) is 17.2 Å². The van der Waals surface area contributed by atoms with Crippen molar-refractivity contribution in [1.29, 1.82) is 0 Å². The maximum Gasteiger partial charge on any atom is 0.229 e. The molecule has 71 heavy (non-hydrogen) atoms. The smallest absolute Gasteiger partial charge is 0.229 e. The molecule has 0 saturated carbocycles. The van der Waals surface area contributed by atoms with E-state index in [1.807, 2.05) is 60.7 Å². The van der Waals surface area contributed by atoms with Crippen LogP contribution in [0.1, 0.15) is 106 Å². The molecule has 0 heterocycles. The lowest BCUT2D eigenvalue weighted by Gasteiger charge is -2.39. The molecule has 0 aliphatic heterocycles. The molecule has 9 nitrogen and oxygen atoms in total. The standard InChI is InChI=1S/C60H79N3O6SSi/c1-45(2)63(46(3)4)37-34-54(51-26-18-13-19-27-51)55-40-48(29-31-57(55)67-43-49-21-14-11-15-22-49)35-38-66-53-28-20-25-47(39-53)33-36-61-42-59(69-71(9,10)60(5,6)7)52-30-32-58(56(41-52)62-70(8,64)65)68-44-50-23-16-12-17-24-50/h11-32,39-41,45-46,54,59,61-62H,33-38,42-44H2,1-10H3. The minimum atomic E-state index is -3.59. The molecule has 0 bridgehead atoms. The van der Waals surface area contributed by atoms with Gasteiger partial charge in [0, 0.05) is 36.5 Å². The van der Waals surface area contributed by atoms with Crippen LogP contribution in [0.2, 0.25) is 18.1 Å². The Labute approximate surface area is 427 Å². The Morgan fingerprint density at radius 2 is 1.20 bits per heavy atom. The SMILES string of the molecule is CC(C)N(CCC(c1ccccc1)c1cc(CCOc2cccc(CCNCC(O[Si](C)(C)C(C)(C)C)c3ccc(OCc4ccccc4)c(NS(C)(=O)=O)c3)c2)ccc1OCc1ccccc1)C(C)C. The number of anilines is 1. The van der Waals surface area contributed by atoms with Gasteiger partial charge in [0.2, 0.25) is 10.0 Å². The first-order valence-corrected chi connectivity index (χ1v) is 30.1. The third-order valence-electron chi connectivity index (χ3n) is 13.5. The summed E-state index contributed by atoms with van der Waals surface area (Å²) < 4.78 is 54.1. The van der Waals surface area contributed by atoms with Crippen LogP contribution in [0.4, 0.5) is 5.69 Å². The monoisotopic (exact) mass is 998 g/mol. The molecule has 380 valence electrons. The predicted molar refractivity (Wildman–Crippen MR) is 296 cm³/mol. The summed E-state index contributed by atoms with van der Waals surface area (Å²) in [4.78, 5) is 2.58. The van der Waals surface area contributed by atoms with Gasteiger partial charge in [-0.3, -0.25) is 9.62 Å². The second-order valence-corrected chi connectivity index (χ2v) is 27.3. The number of nitrogens with one attached hydrogen (secondary N) is 2. The molecule has 0 amide bonds. The molecule has 2 unspecified atom stereocenters. The van der Waals surface area contributed by atoms with E-state index >= 15 is 0 Å². The van der Waals surface area contributed by atoms with E-state index in [0.717, 1.165) is 60.3 Å². The van der Waals surface area contributed by atoms with Gasteiger partial charge in [-0.25, -0.2) is 8.42 Å². The van der Waals surface area contributed by atoms with Crippen LogP contribution < -0.4 is 24.2 Å². The number of nitrogens with zero attached hydrogens (tertiary/aromatic N) is 1. The van der Waals surface area contributed by atoms with Crippen molar-refractivity contribution in [2.45, 2.75) is 123 Å². The lowest BCUT2D eigenvalue weighted by atomic mass is 9.86. The van der Waals surface area contributed by atoms with Crippen molar-refractivity contribution in [3.63, 3.8) is 0 Å². The third-order valence-corrected chi connectivity index (χ3v) is 18.6. The highest BCUT2D eigenvalue weighted by molar-refractivity contribution is 7.92. The molecule has 2 N–H and O–H groups in total. The number of rotatable bonds is 27.